The Morgan fingerprint density at radius 1 is 1.17 bits per heavy atom. The Bertz CT molecular complexity index is 614. The van der Waals surface area contributed by atoms with E-state index in [9.17, 15) is 9.90 Å². The van der Waals surface area contributed by atoms with Gasteiger partial charge in [0.1, 0.15) is 25.0 Å². The fourth-order valence-corrected chi connectivity index (χ4v) is 2.29. The highest BCUT2D eigenvalue weighted by Gasteiger charge is 2.07. The van der Waals surface area contributed by atoms with Gasteiger partial charge in [0.25, 0.3) is 0 Å². The number of nitrogens with one attached hydrogen (secondary N) is 1. The van der Waals surface area contributed by atoms with Crippen molar-refractivity contribution in [3.8, 4) is 5.75 Å². The number of amides is 1. The maximum Gasteiger partial charge on any atom is 0.217 e. The molecule has 0 unspecified atom stereocenters. The first kappa shape index (κ1) is 18.0. The van der Waals surface area contributed by atoms with Crippen molar-refractivity contribution >= 4 is 5.91 Å². The number of carbonyl (C=O) groups excluding carboxylic acids is 1. The van der Waals surface area contributed by atoms with Crippen LogP contribution in [-0.2, 0) is 11.3 Å². The summed E-state index contributed by atoms with van der Waals surface area (Å²) in [6.45, 7) is 4.13. The third kappa shape index (κ3) is 6.40. The van der Waals surface area contributed by atoms with Gasteiger partial charge >= 0.3 is 0 Å². The number of aliphatic hydroxyl groups is 1. The number of ether oxygens (including phenoxy) is 1. The number of rotatable bonds is 9. The Morgan fingerprint density at radius 3 is 2.54 bits per heavy atom. The minimum Gasteiger partial charge on any atom is -0.491 e. The Labute approximate surface area is 142 Å². The van der Waals surface area contributed by atoms with E-state index in [0.717, 1.165) is 24.4 Å². The van der Waals surface area contributed by atoms with Gasteiger partial charge in [-0.15, -0.1) is 0 Å². The standard InChI is InChI=1S/C19H24N2O3/c1-15(22)21-12-11-20-13-16-7-9-18(10-8-16)24-14-19(23)17-5-3-2-4-6-17/h2-10,19-20,23H,11-14H2,1H3,(H,21,22)/p+1/t19-/m1/s1. The quantitative estimate of drug-likeness (QED) is 0.601. The summed E-state index contributed by atoms with van der Waals surface area (Å²) < 4.78 is 5.64. The number of nitrogens with two attached hydrogens (primary N) is 1. The highest BCUT2D eigenvalue weighted by atomic mass is 16.5. The Hall–Kier alpha value is -2.37. The van der Waals surface area contributed by atoms with E-state index >= 15 is 0 Å². The zero-order valence-electron chi connectivity index (χ0n) is 13.9. The van der Waals surface area contributed by atoms with Crippen molar-refractivity contribution in [3.63, 3.8) is 0 Å². The van der Waals surface area contributed by atoms with Gasteiger partial charge in [0.05, 0.1) is 13.1 Å². The van der Waals surface area contributed by atoms with Crippen molar-refractivity contribution < 1.29 is 20.0 Å². The molecule has 0 saturated carbocycles. The molecule has 0 heterocycles. The van der Waals surface area contributed by atoms with Crippen LogP contribution < -0.4 is 15.4 Å². The summed E-state index contributed by atoms with van der Waals surface area (Å²) in [7, 11) is 0. The van der Waals surface area contributed by atoms with Crippen LogP contribution in [0.4, 0.5) is 0 Å². The Balaban J connectivity index is 1.71. The normalized spacial score (nSPS) is 11.8. The lowest BCUT2D eigenvalue weighted by Gasteiger charge is -2.13. The zero-order valence-corrected chi connectivity index (χ0v) is 13.9. The molecule has 0 saturated heterocycles. The highest BCUT2D eigenvalue weighted by Crippen LogP contribution is 2.16. The average molecular weight is 329 g/mol. The topological polar surface area (TPSA) is 75.2 Å². The van der Waals surface area contributed by atoms with E-state index in [-0.39, 0.29) is 12.5 Å². The summed E-state index contributed by atoms with van der Waals surface area (Å²) in [5.74, 6) is 0.745. The van der Waals surface area contributed by atoms with E-state index in [1.807, 2.05) is 54.6 Å². The molecule has 0 fully saturated rings. The minimum atomic E-state index is -0.631. The third-order valence-corrected chi connectivity index (χ3v) is 3.62. The van der Waals surface area contributed by atoms with Crippen LogP contribution >= 0.6 is 0 Å². The van der Waals surface area contributed by atoms with Gasteiger partial charge in [0.15, 0.2) is 0 Å². The summed E-state index contributed by atoms with van der Waals surface area (Å²) in [4.78, 5) is 10.8. The largest absolute Gasteiger partial charge is 0.491 e. The van der Waals surface area contributed by atoms with E-state index in [2.05, 4.69) is 10.6 Å². The third-order valence-electron chi connectivity index (χ3n) is 3.62. The number of quaternary nitrogens is 1. The molecule has 0 bridgehead atoms. The summed E-state index contributed by atoms with van der Waals surface area (Å²) in [5, 5.41) is 15.0. The van der Waals surface area contributed by atoms with Crippen LogP contribution in [0.2, 0.25) is 0 Å². The lowest BCUT2D eigenvalue weighted by molar-refractivity contribution is -0.668. The molecule has 2 aromatic rings. The first-order valence-electron chi connectivity index (χ1n) is 8.16. The van der Waals surface area contributed by atoms with E-state index < -0.39 is 6.10 Å². The molecule has 0 radical (unpaired) electrons. The first-order chi connectivity index (χ1) is 11.6. The van der Waals surface area contributed by atoms with Crippen LogP contribution in [0.1, 0.15) is 24.2 Å². The van der Waals surface area contributed by atoms with E-state index in [4.69, 9.17) is 4.74 Å². The van der Waals surface area contributed by atoms with Crippen molar-refractivity contribution in [3.05, 3.63) is 65.7 Å². The molecule has 1 atom stereocenters. The van der Waals surface area contributed by atoms with Gasteiger partial charge in [-0.25, -0.2) is 0 Å². The molecular formula is C19H25N2O3+. The number of aliphatic hydroxyl groups excluding tert-OH is 1. The minimum absolute atomic E-state index is 0.00240. The molecule has 0 aliphatic carbocycles. The molecular weight excluding hydrogens is 304 g/mol. The lowest BCUT2D eigenvalue weighted by Crippen LogP contribution is -2.84. The predicted octanol–water partition coefficient (Wildman–Crippen LogP) is 0.999. The fourth-order valence-electron chi connectivity index (χ4n) is 2.29. The molecule has 2 aromatic carbocycles. The summed E-state index contributed by atoms with van der Waals surface area (Å²) in [6.07, 6.45) is -0.631. The molecule has 1 amide bonds. The SMILES string of the molecule is CC(=O)NCC[NH2+]Cc1ccc(OC[C@@H](O)c2ccccc2)cc1. The first-order valence-corrected chi connectivity index (χ1v) is 8.16. The Morgan fingerprint density at radius 2 is 1.88 bits per heavy atom. The van der Waals surface area contributed by atoms with E-state index in [0.29, 0.717) is 6.54 Å². The number of hydrogen-bond acceptors (Lipinski definition) is 3. The average Bonchev–Trinajstić information content (AvgIpc) is 2.61. The number of carbonyl (C=O) groups is 1. The predicted molar refractivity (Wildman–Crippen MR) is 92.5 cm³/mol. The van der Waals surface area contributed by atoms with Crippen molar-refractivity contribution in [1.82, 2.24) is 5.32 Å². The number of benzene rings is 2. The van der Waals surface area contributed by atoms with Gasteiger partial charge in [-0.1, -0.05) is 30.3 Å². The van der Waals surface area contributed by atoms with Gasteiger partial charge in [0.2, 0.25) is 5.91 Å². The summed E-state index contributed by atoms with van der Waals surface area (Å²) in [6, 6.07) is 17.3. The fraction of sp³-hybridized carbons (Fsp3) is 0.316. The van der Waals surface area contributed by atoms with Crippen LogP contribution in [0.25, 0.3) is 0 Å². The van der Waals surface area contributed by atoms with E-state index in [1.54, 1.807) is 0 Å². The maximum atomic E-state index is 10.8. The smallest absolute Gasteiger partial charge is 0.217 e. The van der Waals surface area contributed by atoms with Gasteiger partial charge in [-0.2, -0.15) is 0 Å². The maximum absolute atomic E-state index is 10.8. The van der Waals surface area contributed by atoms with Gasteiger partial charge < -0.3 is 20.5 Å². The van der Waals surface area contributed by atoms with Crippen molar-refractivity contribution in [2.45, 2.75) is 19.6 Å². The number of hydrogen-bond donors (Lipinski definition) is 3. The Kier molecular flexibility index (Phi) is 7.26. The molecule has 24 heavy (non-hydrogen) atoms. The molecule has 0 aliphatic heterocycles. The van der Waals surface area contributed by atoms with Gasteiger partial charge in [-0.3, -0.25) is 4.79 Å². The molecule has 2 rings (SSSR count). The molecule has 128 valence electrons. The second-order valence-electron chi connectivity index (χ2n) is 5.65. The van der Waals surface area contributed by atoms with Gasteiger partial charge in [0, 0.05) is 12.5 Å². The molecule has 0 spiro atoms. The lowest BCUT2D eigenvalue weighted by atomic mass is 10.1. The highest BCUT2D eigenvalue weighted by molar-refractivity contribution is 5.72. The molecule has 0 aliphatic rings. The molecule has 5 heteroatoms. The van der Waals surface area contributed by atoms with Crippen molar-refractivity contribution in [2.75, 3.05) is 19.7 Å². The van der Waals surface area contributed by atoms with Crippen molar-refractivity contribution in [1.29, 1.82) is 0 Å². The summed E-state index contributed by atoms with van der Waals surface area (Å²) in [5.41, 5.74) is 2.04. The van der Waals surface area contributed by atoms with Crippen LogP contribution in [0, 0.1) is 0 Å². The monoisotopic (exact) mass is 329 g/mol. The molecule has 0 aromatic heterocycles. The molecule has 4 N–H and O–H groups in total. The van der Waals surface area contributed by atoms with Gasteiger partial charge in [-0.05, 0) is 29.8 Å². The molecule has 5 nitrogen and oxygen atoms in total. The van der Waals surface area contributed by atoms with Crippen molar-refractivity contribution in [2.24, 2.45) is 0 Å². The van der Waals surface area contributed by atoms with Crippen LogP contribution in [0.15, 0.2) is 54.6 Å². The zero-order chi connectivity index (χ0) is 17.2. The summed E-state index contributed by atoms with van der Waals surface area (Å²) >= 11 is 0. The van der Waals surface area contributed by atoms with Crippen LogP contribution in [-0.4, -0.2) is 30.7 Å². The second kappa shape index (κ2) is 9.70. The van der Waals surface area contributed by atoms with Crippen LogP contribution in [0.5, 0.6) is 5.75 Å². The van der Waals surface area contributed by atoms with Crippen LogP contribution in [0.3, 0.4) is 0 Å². The second-order valence-corrected chi connectivity index (χ2v) is 5.65. The van der Waals surface area contributed by atoms with E-state index in [1.165, 1.54) is 12.5 Å².